The quantitative estimate of drug-likeness (QED) is 0.391. The number of piperidine rings is 1. The topological polar surface area (TPSA) is 77.0 Å². The normalized spacial score (nSPS) is 39.5. The highest BCUT2D eigenvalue weighted by molar-refractivity contribution is 5.93. The highest BCUT2D eigenvalue weighted by Gasteiger charge is 2.54. The molecule has 4 heterocycles. The van der Waals surface area contributed by atoms with Crippen LogP contribution in [0.2, 0.25) is 0 Å². The predicted molar refractivity (Wildman–Crippen MR) is 110 cm³/mol. The van der Waals surface area contributed by atoms with Crippen molar-refractivity contribution in [2.24, 2.45) is 11.8 Å². The van der Waals surface area contributed by atoms with Gasteiger partial charge < -0.3 is 28.8 Å². The van der Waals surface area contributed by atoms with Crippen molar-refractivity contribution < 1.29 is 28.4 Å². The molecule has 6 atom stereocenters. The fourth-order valence-corrected chi connectivity index (χ4v) is 6.01. The van der Waals surface area contributed by atoms with Crippen molar-refractivity contribution in [3.63, 3.8) is 0 Å². The maximum Gasteiger partial charge on any atom is 0.343 e. The van der Waals surface area contributed by atoms with Gasteiger partial charge >= 0.3 is 5.97 Å². The van der Waals surface area contributed by atoms with Gasteiger partial charge in [0.1, 0.15) is 17.9 Å². The van der Waals surface area contributed by atoms with Crippen LogP contribution >= 0.6 is 0 Å². The lowest BCUT2D eigenvalue weighted by atomic mass is 9.79. The van der Waals surface area contributed by atoms with E-state index in [-0.39, 0.29) is 34.7 Å². The second-order valence-electron chi connectivity index (χ2n) is 8.88. The molecule has 0 aliphatic carbocycles. The third-order valence-electron chi connectivity index (χ3n) is 7.48. The van der Waals surface area contributed by atoms with E-state index >= 15 is 0 Å². The van der Waals surface area contributed by atoms with E-state index in [9.17, 15) is 10.0 Å². The molecule has 4 rings (SSSR count). The Bertz CT molecular complexity index is 811. The van der Waals surface area contributed by atoms with Crippen LogP contribution in [0.25, 0.3) is 0 Å². The highest BCUT2D eigenvalue weighted by atomic mass is 16.6. The largest absolute Gasteiger partial charge is 0.632 e. The third kappa shape index (κ3) is 3.10. The van der Waals surface area contributed by atoms with Crippen LogP contribution in [0.3, 0.4) is 0 Å². The maximum atomic E-state index is 14.4. The molecule has 0 aromatic carbocycles. The number of rotatable bonds is 4. The Hall–Kier alpha value is -1.83. The number of quaternary nitrogens is 1. The Balaban J connectivity index is 1.73. The van der Waals surface area contributed by atoms with Crippen molar-refractivity contribution in [1.82, 2.24) is 0 Å². The summed E-state index contributed by atoms with van der Waals surface area (Å²) in [6.07, 6.45) is 6.30. The zero-order valence-corrected chi connectivity index (χ0v) is 18.6. The van der Waals surface area contributed by atoms with Gasteiger partial charge in [0.15, 0.2) is 11.5 Å². The molecule has 0 spiro atoms. The molecule has 0 radical (unpaired) electrons. The minimum atomic E-state index is -0.413. The van der Waals surface area contributed by atoms with Gasteiger partial charge in [-0.05, 0) is 25.8 Å². The molecule has 2 fully saturated rings. The molecule has 0 aromatic rings. The van der Waals surface area contributed by atoms with Crippen LogP contribution in [0.15, 0.2) is 34.7 Å². The van der Waals surface area contributed by atoms with E-state index in [1.165, 1.54) is 7.11 Å². The first-order valence-electron chi connectivity index (χ1n) is 11.1. The summed E-state index contributed by atoms with van der Waals surface area (Å²) in [4.78, 5) is 12.1. The second-order valence-corrected chi connectivity index (χ2v) is 8.88. The number of carbonyl (C=O) groups is 1. The summed E-state index contributed by atoms with van der Waals surface area (Å²) < 4.78 is 22.7. The van der Waals surface area contributed by atoms with E-state index < -0.39 is 5.97 Å². The molecule has 0 N–H and O–H groups in total. The van der Waals surface area contributed by atoms with Crippen molar-refractivity contribution in [3.05, 3.63) is 39.9 Å². The molecular weight excluding hydrogens is 386 g/mol. The van der Waals surface area contributed by atoms with E-state index in [1.807, 2.05) is 0 Å². The molecule has 0 bridgehead atoms. The smallest absolute Gasteiger partial charge is 0.343 e. The fraction of sp³-hybridized carbons (Fsp3) is 0.696. The van der Waals surface area contributed by atoms with Gasteiger partial charge in [-0.1, -0.05) is 13.8 Å². The number of methoxy groups -OCH3 is 2. The van der Waals surface area contributed by atoms with Gasteiger partial charge in [-0.25, -0.2) is 4.79 Å². The standard InChI is InChI=1S/C23H33NO6/c1-6-17(27-4)15-9-7-10-16-19-13(2)21(22-20(28-5)14(3)23(25)30-22)29-18(19)11-8-12-24(15,16)26/h11,13,15-17,19H,6-10,12H2,1-5H3/b22-21+/t13-,15+,16-,17+,19+,24+/m0/s1. The lowest BCUT2D eigenvalue weighted by Gasteiger charge is -2.59. The molecule has 7 heteroatoms. The van der Waals surface area contributed by atoms with E-state index in [4.69, 9.17) is 18.9 Å². The first-order valence-corrected chi connectivity index (χ1v) is 11.1. The molecule has 4 aliphatic rings. The van der Waals surface area contributed by atoms with Crippen molar-refractivity contribution in [2.75, 3.05) is 20.8 Å². The third-order valence-corrected chi connectivity index (χ3v) is 7.48. The van der Waals surface area contributed by atoms with Crippen LogP contribution in [-0.2, 0) is 23.7 Å². The van der Waals surface area contributed by atoms with Crippen LogP contribution in [0.4, 0.5) is 0 Å². The summed E-state index contributed by atoms with van der Waals surface area (Å²) in [6, 6.07) is -0.153. The zero-order valence-electron chi connectivity index (χ0n) is 18.6. The predicted octanol–water partition coefficient (Wildman–Crippen LogP) is 3.91. The number of ether oxygens (including phenoxy) is 4. The summed E-state index contributed by atoms with van der Waals surface area (Å²) in [7, 11) is 3.24. The number of fused-ring (bicyclic) bond motifs is 3. The summed E-state index contributed by atoms with van der Waals surface area (Å²) in [6.45, 7) is 6.39. The van der Waals surface area contributed by atoms with E-state index in [1.54, 1.807) is 14.0 Å². The van der Waals surface area contributed by atoms with Crippen molar-refractivity contribution in [1.29, 1.82) is 0 Å². The van der Waals surface area contributed by atoms with Crippen LogP contribution in [0, 0.1) is 17.0 Å². The van der Waals surface area contributed by atoms with Crippen LogP contribution in [0.1, 0.15) is 52.9 Å². The Morgan fingerprint density at radius 2 is 2.07 bits per heavy atom. The van der Waals surface area contributed by atoms with Gasteiger partial charge in [-0.15, -0.1) is 0 Å². The minimum Gasteiger partial charge on any atom is -0.632 e. The molecule has 7 nitrogen and oxygen atoms in total. The number of hydrogen-bond donors (Lipinski definition) is 0. The summed E-state index contributed by atoms with van der Waals surface area (Å²) in [5.41, 5.74) is 0.439. The van der Waals surface area contributed by atoms with Gasteiger partial charge in [0.2, 0.25) is 5.76 Å². The molecule has 0 saturated carbocycles. The molecule has 0 aromatic heterocycles. The van der Waals surface area contributed by atoms with Crippen molar-refractivity contribution in [3.8, 4) is 0 Å². The maximum absolute atomic E-state index is 14.4. The lowest BCUT2D eigenvalue weighted by molar-refractivity contribution is -0.940. The monoisotopic (exact) mass is 419 g/mol. The molecule has 30 heavy (non-hydrogen) atoms. The molecule has 4 aliphatic heterocycles. The first kappa shape index (κ1) is 21.4. The molecule has 0 amide bonds. The Kier molecular flexibility index (Phi) is 5.72. The molecule has 166 valence electrons. The minimum absolute atomic E-state index is 0.0382. The fourth-order valence-electron chi connectivity index (χ4n) is 6.01. The number of nitrogens with zero attached hydrogens (tertiary/aromatic N) is 1. The summed E-state index contributed by atoms with van der Waals surface area (Å²) in [5.74, 6) is 1.70. The van der Waals surface area contributed by atoms with E-state index in [0.717, 1.165) is 31.4 Å². The summed E-state index contributed by atoms with van der Waals surface area (Å²) in [5, 5.41) is 14.4. The Labute approximate surface area is 178 Å². The first-order chi connectivity index (χ1) is 14.4. The highest BCUT2D eigenvalue weighted by Crippen LogP contribution is 2.51. The van der Waals surface area contributed by atoms with Crippen molar-refractivity contribution >= 4 is 5.97 Å². The van der Waals surface area contributed by atoms with Gasteiger partial charge in [0.05, 0.1) is 31.2 Å². The van der Waals surface area contributed by atoms with Gasteiger partial charge in [0.25, 0.3) is 0 Å². The number of esters is 1. The average molecular weight is 420 g/mol. The molecular formula is C23H33NO6. The van der Waals surface area contributed by atoms with Gasteiger partial charge in [-0.3, -0.25) is 0 Å². The number of hydrogen-bond acceptors (Lipinski definition) is 6. The second kappa shape index (κ2) is 8.02. The van der Waals surface area contributed by atoms with Crippen LogP contribution < -0.4 is 0 Å². The van der Waals surface area contributed by atoms with Gasteiger partial charge in [-0.2, -0.15) is 0 Å². The van der Waals surface area contributed by atoms with Crippen LogP contribution in [0.5, 0.6) is 0 Å². The number of allylic oxidation sites excluding steroid dienone is 1. The number of hydroxylamine groups is 3. The number of carbonyl (C=O) groups excluding carboxylic acids is 1. The van der Waals surface area contributed by atoms with Crippen molar-refractivity contribution in [2.45, 2.75) is 71.1 Å². The van der Waals surface area contributed by atoms with E-state index in [0.29, 0.717) is 35.8 Å². The molecule has 0 unspecified atom stereocenters. The molecule has 2 saturated heterocycles. The van der Waals surface area contributed by atoms with E-state index in [2.05, 4.69) is 19.9 Å². The number of cyclic esters (lactones) is 1. The zero-order chi connectivity index (χ0) is 21.6. The summed E-state index contributed by atoms with van der Waals surface area (Å²) >= 11 is 0. The van der Waals surface area contributed by atoms with Gasteiger partial charge in [0, 0.05) is 32.3 Å². The Morgan fingerprint density at radius 3 is 2.73 bits per heavy atom. The average Bonchev–Trinajstić information content (AvgIpc) is 3.13. The van der Waals surface area contributed by atoms with Crippen LogP contribution in [-0.4, -0.2) is 49.6 Å². The Morgan fingerprint density at radius 1 is 1.30 bits per heavy atom. The lowest BCUT2D eigenvalue weighted by Crippen LogP contribution is -2.65. The SMILES string of the molecule is CC[C@@H](OC)[C@H]1CCC[C@H]2[C@@H]3C(=CCC[N@@+]12[O-])O/C(=C1/OC(=O)C(C)=C1OC)[C@H]3C.